The number of amides is 2. The Hall–Kier alpha value is -5.32. The lowest BCUT2D eigenvalue weighted by atomic mass is 10.2. The first-order chi connectivity index (χ1) is 18.3. The molecule has 0 saturated carbocycles. The molecule has 0 aliphatic carbocycles. The van der Waals surface area contributed by atoms with E-state index >= 15 is 0 Å². The molecule has 0 aromatic heterocycles. The van der Waals surface area contributed by atoms with Crippen LogP contribution in [0.4, 0.5) is 11.4 Å². The van der Waals surface area contributed by atoms with Gasteiger partial charge in [0, 0.05) is 41.4 Å². The third kappa shape index (κ3) is 7.85. The zero-order chi connectivity index (χ0) is 27.5. The highest BCUT2D eigenvalue weighted by Crippen LogP contribution is 2.23. The maximum atomic E-state index is 12.4. The first kappa shape index (κ1) is 27.3. The van der Waals surface area contributed by atoms with Crippen molar-refractivity contribution in [2.45, 2.75) is 13.3 Å². The predicted octanol–water partition coefficient (Wildman–Crippen LogP) is 4.33. The number of methoxy groups -OCH3 is 1. The summed E-state index contributed by atoms with van der Waals surface area (Å²) < 4.78 is 10.4. The molecule has 2 N–H and O–H groups in total. The number of ether oxygens (including phenoxy) is 2. The maximum Gasteiger partial charge on any atom is 0.336 e. The molecule has 0 bridgehead atoms. The minimum Gasteiger partial charge on any atom is -0.497 e. The third-order valence-corrected chi connectivity index (χ3v) is 5.06. The van der Waals surface area contributed by atoms with Gasteiger partial charge in [-0.2, -0.15) is 5.10 Å². The second-order valence-electron chi connectivity index (χ2n) is 7.69. The second kappa shape index (κ2) is 13.1. The number of esters is 1. The van der Waals surface area contributed by atoms with E-state index in [2.05, 4.69) is 15.8 Å². The minimum absolute atomic E-state index is 0.00833. The molecule has 3 aromatic carbocycles. The SMILES string of the molecule is CCC(=O)Nc1ccc(C(=O)N/N=C/c2cc([N+](=O)[O-])ccc2OC(=O)/C=C/c2ccc(OC)cc2)cc1. The van der Waals surface area contributed by atoms with Crippen molar-refractivity contribution >= 4 is 41.4 Å². The molecule has 0 radical (unpaired) electrons. The Balaban J connectivity index is 1.70. The van der Waals surface area contributed by atoms with Gasteiger partial charge in [-0.05, 0) is 54.1 Å². The molecule has 0 aliphatic heterocycles. The summed E-state index contributed by atoms with van der Waals surface area (Å²) in [5.74, 6) is -0.751. The Labute approximate surface area is 217 Å². The van der Waals surface area contributed by atoms with Crippen LogP contribution in [0.1, 0.15) is 34.8 Å². The summed E-state index contributed by atoms with van der Waals surface area (Å²) in [5.41, 5.74) is 3.70. The largest absolute Gasteiger partial charge is 0.497 e. The van der Waals surface area contributed by atoms with Crippen molar-refractivity contribution in [3.05, 3.63) is 99.6 Å². The number of hydrogen-bond donors (Lipinski definition) is 2. The molecule has 2 amide bonds. The molecule has 0 fully saturated rings. The van der Waals surface area contributed by atoms with Crippen LogP contribution in [0, 0.1) is 10.1 Å². The van der Waals surface area contributed by atoms with Gasteiger partial charge < -0.3 is 14.8 Å². The van der Waals surface area contributed by atoms with Crippen LogP contribution >= 0.6 is 0 Å². The van der Waals surface area contributed by atoms with Crippen molar-refractivity contribution in [2.75, 3.05) is 12.4 Å². The zero-order valence-electron chi connectivity index (χ0n) is 20.5. The van der Waals surface area contributed by atoms with Gasteiger partial charge in [0.25, 0.3) is 11.6 Å². The van der Waals surface area contributed by atoms with E-state index in [1.165, 1.54) is 30.3 Å². The Morgan fingerprint density at radius 3 is 2.37 bits per heavy atom. The third-order valence-electron chi connectivity index (χ3n) is 5.06. The molecule has 3 aromatic rings. The van der Waals surface area contributed by atoms with Crippen molar-refractivity contribution < 1.29 is 28.8 Å². The molecule has 0 heterocycles. The van der Waals surface area contributed by atoms with Gasteiger partial charge in [0.05, 0.1) is 18.2 Å². The van der Waals surface area contributed by atoms with Crippen molar-refractivity contribution in [1.82, 2.24) is 5.43 Å². The van der Waals surface area contributed by atoms with Gasteiger partial charge in [-0.15, -0.1) is 0 Å². The van der Waals surface area contributed by atoms with Gasteiger partial charge in [0.15, 0.2) is 0 Å². The summed E-state index contributed by atoms with van der Waals surface area (Å²) in [5, 5.41) is 17.7. The number of carbonyl (C=O) groups excluding carboxylic acids is 3. The van der Waals surface area contributed by atoms with Gasteiger partial charge in [-0.1, -0.05) is 19.1 Å². The van der Waals surface area contributed by atoms with Gasteiger partial charge in [-0.3, -0.25) is 19.7 Å². The van der Waals surface area contributed by atoms with Crippen molar-refractivity contribution in [1.29, 1.82) is 0 Å². The highest BCUT2D eigenvalue weighted by molar-refractivity contribution is 5.97. The Kier molecular flexibility index (Phi) is 9.41. The van der Waals surface area contributed by atoms with Gasteiger partial charge in [0.1, 0.15) is 11.5 Å². The van der Waals surface area contributed by atoms with Crippen molar-refractivity contribution in [2.24, 2.45) is 5.10 Å². The summed E-state index contributed by atoms with van der Waals surface area (Å²) in [6.45, 7) is 1.72. The van der Waals surface area contributed by atoms with Crippen LogP contribution in [0.15, 0.2) is 77.9 Å². The van der Waals surface area contributed by atoms with E-state index in [0.29, 0.717) is 17.9 Å². The summed E-state index contributed by atoms with van der Waals surface area (Å²) in [6, 6.07) is 16.8. The van der Waals surface area contributed by atoms with E-state index in [-0.39, 0.29) is 28.5 Å². The predicted molar refractivity (Wildman–Crippen MR) is 141 cm³/mol. The maximum absolute atomic E-state index is 12.4. The lowest BCUT2D eigenvalue weighted by Crippen LogP contribution is -2.18. The smallest absolute Gasteiger partial charge is 0.336 e. The number of nitrogens with zero attached hydrogens (tertiary/aromatic N) is 2. The highest BCUT2D eigenvalue weighted by atomic mass is 16.6. The first-order valence-corrected chi connectivity index (χ1v) is 11.3. The van der Waals surface area contributed by atoms with E-state index in [0.717, 1.165) is 17.8 Å². The van der Waals surface area contributed by atoms with Crippen LogP contribution < -0.4 is 20.2 Å². The quantitative estimate of drug-likeness (QED) is 0.102. The van der Waals surface area contributed by atoms with Crippen molar-refractivity contribution in [3.8, 4) is 11.5 Å². The first-order valence-electron chi connectivity index (χ1n) is 11.3. The number of rotatable bonds is 10. The molecule has 0 spiro atoms. The molecule has 11 nitrogen and oxygen atoms in total. The van der Waals surface area contributed by atoms with E-state index in [1.54, 1.807) is 56.5 Å². The van der Waals surface area contributed by atoms with E-state index in [1.807, 2.05) is 0 Å². The summed E-state index contributed by atoms with van der Waals surface area (Å²) in [4.78, 5) is 46.8. The number of nitro benzene ring substituents is 1. The topological polar surface area (TPSA) is 149 Å². The molecular weight excluding hydrogens is 492 g/mol. The highest BCUT2D eigenvalue weighted by Gasteiger charge is 2.13. The molecular formula is C27H24N4O7. The average Bonchev–Trinajstić information content (AvgIpc) is 2.93. The van der Waals surface area contributed by atoms with Crippen LogP contribution in [-0.2, 0) is 9.59 Å². The number of hydrogen-bond acceptors (Lipinski definition) is 8. The fourth-order valence-corrected chi connectivity index (χ4v) is 3.04. The summed E-state index contributed by atoms with van der Waals surface area (Å²) in [7, 11) is 1.55. The number of benzene rings is 3. The molecule has 3 rings (SSSR count). The lowest BCUT2D eigenvalue weighted by molar-refractivity contribution is -0.384. The Morgan fingerprint density at radius 2 is 1.74 bits per heavy atom. The van der Waals surface area contributed by atoms with Gasteiger partial charge >= 0.3 is 5.97 Å². The average molecular weight is 517 g/mol. The summed E-state index contributed by atoms with van der Waals surface area (Å²) >= 11 is 0. The molecule has 194 valence electrons. The molecule has 11 heteroatoms. The fourth-order valence-electron chi connectivity index (χ4n) is 3.04. The number of hydrazone groups is 1. The molecule has 0 atom stereocenters. The van der Waals surface area contributed by atoms with Crippen LogP contribution in [0.25, 0.3) is 6.08 Å². The van der Waals surface area contributed by atoms with Crippen LogP contribution in [0.2, 0.25) is 0 Å². The van der Waals surface area contributed by atoms with E-state index in [4.69, 9.17) is 9.47 Å². The standard InChI is InChI=1S/C27H24N4O7/c1-3-25(32)29-21-9-7-19(8-10-21)27(34)30-28-17-20-16-22(31(35)36)11-14-24(20)38-26(33)15-6-18-4-12-23(37-2)13-5-18/h4-17H,3H2,1-2H3,(H,29,32)(H,30,34)/b15-6+,28-17+. The van der Waals surface area contributed by atoms with E-state index in [9.17, 15) is 24.5 Å². The number of carbonyl (C=O) groups is 3. The molecule has 0 unspecified atom stereocenters. The normalized spacial score (nSPS) is 10.8. The Bertz CT molecular complexity index is 1380. The van der Waals surface area contributed by atoms with Crippen LogP contribution in [0.3, 0.4) is 0 Å². The molecule has 0 saturated heterocycles. The molecule has 0 aliphatic rings. The zero-order valence-corrected chi connectivity index (χ0v) is 20.5. The number of anilines is 1. The van der Waals surface area contributed by atoms with E-state index < -0.39 is 16.8 Å². The monoisotopic (exact) mass is 516 g/mol. The van der Waals surface area contributed by atoms with Crippen LogP contribution in [-0.4, -0.2) is 36.0 Å². The number of nitrogens with one attached hydrogen (secondary N) is 2. The minimum atomic E-state index is -0.719. The lowest BCUT2D eigenvalue weighted by Gasteiger charge is -2.06. The Morgan fingerprint density at radius 1 is 1.03 bits per heavy atom. The molecule has 38 heavy (non-hydrogen) atoms. The van der Waals surface area contributed by atoms with Crippen molar-refractivity contribution in [3.63, 3.8) is 0 Å². The number of non-ortho nitro benzene ring substituents is 1. The number of nitro groups is 1. The van der Waals surface area contributed by atoms with Gasteiger partial charge in [-0.25, -0.2) is 10.2 Å². The second-order valence-corrected chi connectivity index (χ2v) is 7.69. The van der Waals surface area contributed by atoms with Gasteiger partial charge in [0.2, 0.25) is 5.91 Å². The fraction of sp³-hybridized carbons (Fsp3) is 0.111. The van der Waals surface area contributed by atoms with Crippen LogP contribution in [0.5, 0.6) is 11.5 Å². The summed E-state index contributed by atoms with van der Waals surface area (Å²) in [6.07, 6.45) is 4.21.